The van der Waals surface area contributed by atoms with Crippen LogP contribution in [-0.2, 0) is 28.5 Å². The van der Waals surface area contributed by atoms with Gasteiger partial charge in [-0.2, -0.15) is 0 Å². The van der Waals surface area contributed by atoms with Gasteiger partial charge in [-0.05, 0) is 0 Å². The van der Waals surface area contributed by atoms with E-state index in [9.17, 15) is 9.59 Å². The van der Waals surface area contributed by atoms with Crippen LogP contribution >= 0.6 is 0 Å². The summed E-state index contributed by atoms with van der Waals surface area (Å²) in [4.78, 5) is 27.4. The summed E-state index contributed by atoms with van der Waals surface area (Å²) in [6.07, 6.45) is 2.22. The van der Waals surface area contributed by atoms with Crippen LogP contribution in [0.15, 0.2) is 12.2 Å². The van der Waals surface area contributed by atoms with Crippen molar-refractivity contribution in [2.45, 2.75) is 0 Å². The first kappa shape index (κ1) is 18.9. The van der Waals surface area contributed by atoms with Gasteiger partial charge >= 0.3 is 11.9 Å². The molecule has 0 radical (unpaired) electrons. The lowest BCUT2D eigenvalue weighted by Crippen LogP contribution is -2.38. The number of hydrogen-bond donors (Lipinski definition) is 0. The topological polar surface area (TPSA) is 77.5 Å². The van der Waals surface area contributed by atoms with E-state index in [1.807, 2.05) is 0 Å². The van der Waals surface area contributed by atoms with Gasteiger partial charge < -0.3 is 18.9 Å². The van der Waals surface area contributed by atoms with E-state index in [0.717, 1.165) is 38.3 Å². The molecule has 2 saturated heterocycles. The summed E-state index contributed by atoms with van der Waals surface area (Å²) >= 11 is 0. The van der Waals surface area contributed by atoms with Crippen molar-refractivity contribution < 1.29 is 28.5 Å². The maximum atomic E-state index is 11.5. The Labute approximate surface area is 142 Å². The summed E-state index contributed by atoms with van der Waals surface area (Å²) in [7, 11) is 0. The zero-order chi connectivity index (χ0) is 17.0. The van der Waals surface area contributed by atoms with E-state index in [1.165, 1.54) is 0 Å². The molecule has 2 rings (SSSR count). The van der Waals surface area contributed by atoms with Crippen molar-refractivity contribution in [1.82, 2.24) is 9.80 Å². The molecule has 0 spiro atoms. The summed E-state index contributed by atoms with van der Waals surface area (Å²) in [5.74, 6) is -1.07. The monoisotopic (exact) mass is 342 g/mol. The van der Waals surface area contributed by atoms with E-state index in [1.54, 1.807) is 0 Å². The molecule has 0 unspecified atom stereocenters. The van der Waals surface area contributed by atoms with E-state index in [2.05, 4.69) is 9.80 Å². The third-order valence-corrected chi connectivity index (χ3v) is 3.87. The van der Waals surface area contributed by atoms with Crippen molar-refractivity contribution in [3.63, 3.8) is 0 Å². The first-order valence-electron chi connectivity index (χ1n) is 8.36. The van der Waals surface area contributed by atoms with Gasteiger partial charge in [-0.3, -0.25) is 9.80 Å². The Balaban J connectivity index is 1.50. The smallest absolute Gasteiger partial charge is 0.331 e. The predicted molar refractivity (Wildman–Crippen MR) is 85.6 cm³/mol. The second-order valence-corrected chi connectivity index (χ2v) is 5.58. The Kier molecular flexibility index (Phi) is 8.75. The molecular weight excluding hydrogens is 316 g/mol. The fourth-order valence-electron chi connectivity index (χ4n) is 2.43. The van der Waals surface area contributed by atoms with Gasteiger partial charge in [0.05, 0.1) is 26.4 Å². The van der Waals surface area contributed by atoms with E-state index >= 15 is 0 Å². The zero-order valence-corrected chi connectivity index (χ0v) is 14.0. The Morgan fingerprint density at radius 3 is 1.50 bits per heavy atom. The lowest BCUT2D eigenvalue weighted by molar-refractivity contribution is -0.141. The van der Waals surface area contributed by atoms with Crippen molar-refractivity contribution in [1.29, 1.82) is 0 Å². The maximum Gasteiger partial charge on any atom is 0.331 e. The molecule has 0 atom stereocenters. The fourth-order valence-corrected chi connectivity index (χ4v) is 2.43. The van der Waals surface area contributed by atoms with E-state index in [0.29, 0.717) is 52.7 Å². The van der Waals surface area contributed by atoms with Crippen LogP contribution in [0.1, 0.15) is 0 Å². The molecule has 0 N–H and O–H groups in total. The fraction of sp³-hybridized carbons (Fsp3) is 0.750. The molecular formula is C16H26N2O6. The summed E-state index contributed by atoms with van der Waals surface area (Å²) < 4.78 is 20.6. The van der Waals surface area contributed by atoms with Gasteiger partial charge in [0, 0.05) is 51.4 Å². The molecule has 0 aromatic heterocycles. The number of nitrogens with zero attached hydrogens (tertiary/aromatic N) is 2. The average Bonchev–Trinajstić information content (AvgIpc) is 2.62. The molecule has 2 aliphatic rings. The van der Waals surface area contributed by atoms with Crippen LogP contribution in [0.25, 0.3) is 0 Å². The predicted octanol–water partition coefficient (Wildman–Crippen LogP) is -0.707. The van der Waals surface area contributed by atoms with Gasteiger partial charge in [0.15, 0.2) is 0 Å². The number of ether oxygens (including phenoxy) is 4. The molecule has 0 saturated carbocycles. The maximum absolute atomic E-state index is 11.5. The highest BCUT2D eigenvalue weighted by molar-refractivity contribution is 5.91. The Morgan fingerprint density at radius 2 is 1.12 bits per heavy atom. The zero-order valence-electron chi connectivity index (χ0n) is 14.0. The highest BCUT2D eigenvalue weighted by Crippen LogP contribution is 1.97. The number of hydrogen-bond acceptors (Lipinski definition) is 8. The van der Waals surface area contributed by atoms with E-state index < -0.39 is 11.9 Å². The van der Waals surface area contributed by atoms with Gasteiger partial charge in [0.2, 0.25) is 0 Å². The van der Waals surface area contributed by atoms with Crippen molar-refractivity contribution >= 4 is 11.9 Å². The molecule has 2 aliphatic heterocycles. The van der Waals surface area contributed by atoms with Gasteiger partial charge in [-0.25, -0.2) is 9.59 Å². The molecule has 0 aliphatic carbocycles. The molecule has 2 heterocycles. The molecule has 136 valence electrons. The van der Waals surface area contributed by atoms with Crippen molar-refractivity contribution in [3.05, 3.63) is 12.2 Å². The highest BCUT2D eigenvalue weighted by Gasteiger charge is 2.11. The van der Waals surface area contributed by atoms with Crippen LogP contribution in [-0.4, -0.2) is 101 Å². The largest absolute Gasteiger partial charge is 0.461 e. The quantitative estimate of drug-likeness (QED) is 0.423. The third kappa shape index (κ3) is 7.87. The number of carbonyl (C=O) groups excluding carboxylic acids is 2. The number of esters is 2. The first-order chi connectivity index (χ1) is 11.7. The third-order valence-electron chi connectivity index (χ3n) is 3.87. The van der Waals surface area contributed by atoms with Gasteiger partial charge in [0.25, 0.3) is 0 Å². The van der Waals surface area contributed by atoms with Gasteiger partial charge in [-0.15, -0.1) is 0 Å². The number of rotatable bonds is 8. The van der Waals surface area contributed by atoms with Crippen molar-refractivity contribution in [2.24, 2.45) is 0 Å². The molecule has 0 amide bonds. The second-order valence-electron chi connectivity index (χ2n) is 5.58. The van der Waals surface area contributed by atoms with Crippen LogP contribution in [0.2, 0.25) is 0 Å². The molecule has 0 aromatic carbocycles. The van der Waals surface area contributed by atoms with Gasteiger partial charge in [0.1, 0.15) is 13.2 Å². The molecule has 0 bridgehead atoms. The highest BCUT2D eigenvalue weighted by atomic mass is 16.5. The Morgan fingerprint density at radius 1 is 0.750 bits per heavy atom. The Bertz CT molecular complexity index is 379. The standard InChI is InChI=1S/C16H26N2O6/c19-15(23-13-7-17-3-9-21-10-4-17)1-2-16(20)24-14-8-18-5-11-22-12-6-18/h1-2H,3-14H2/b2-1+. The normalized spacial score (nSPS) is 20.2. The minimum absolute atomic E-state index is 0.301. The number of morpholine rings is 2. The van der Waals surface area contributed by atoms with Crippen LogP contribution < -0.4 is 0 Å². The number of carbonyl (C=O) groups is 2. The first-order valence-corrected chi connectivity index (χ1v) is 8.36. The summed E-state index contributed by atoms with van der Waals surface area (Å²) in [5.41, 5.74) is 0. The Hall–Kier alpha value is -1.48. The lowest BCUT2D eigenvalue weighted by atomic mass is 10.4. The summed E-state index contributed by atoms with van der Waals surface area (Å²) in [6, 6.07) is 0. The van der Waals surface area contributed by atoms with Gasteiger partial charge in [-0.1, -0.05) is 0 Å². The molecule has 24 heavy (non-hydrogen) atoms. The SMILES string of the molecule is O=C(/C=C/C(=O)OCCN1CCOCC1)OCCN1CCOCC1. The van der Waals surface area contributed by atoms with Crippen LogP contribution in [0, 0.1) is 0 Å². The average molecular weight is 342 g/mol. The summed E-state index contributed by atoms with van der Waals surface area (Å²) in [6.45, 7) is 8.20. The van der Waals surface area contributed by atoms with Crippen molar-refractivity contribution in [2.75, 3.05) is 78.9 Å². The van der Waals surface area contributed by atoms with Crippen molar-refractivity contribution in [3.8, 4) is 0 Å². The molecule has 0 aromatic rings. The van der Waals surface area contributed by atoms with E-state index in [4.69, 9.17) is 18.9 Å². The second kappa shape index (κ2) is 11.1. The molecule has 8 nitrogen and oxygen atoms in total. The van der Waals surface area contributed by atoms with Crippen LogP contribution in [0.5, 0.6) is 0 Å². The van der Waals surface area contributed by atoms with E-state index in [-0.39, 0.29) is 0 Å². The molecule has 2 fully saturated rings. The lowest BCUT2D eigenvalue weighted by Gasteiger charge is -2.26. The summed E-state index contributed by atoms with van der Waals surface area (Å²) in [5, 5.41) is 0. The minimum atomic E-state index is -0.534. The minimum Gasteiger partial charge on any atom is -0.461 e. The molecule has 8 heteroatoms. The van der Waals surface area contributed by atoms with Crippen LogP contribution in [0.3, 0.4) is 0 Å². The van der Waals surface area contributed by atoms with Crippen LogP contribution in [0.4, 0.5) is 0 Å².